The number of carboxylic acid groups (broad SMARTS) is 1. The van der Waals surface area contributed by atoms with Gasteiger partial charge in [-0.25, -0.2) is 0 Å². The smallest absolute Gasteiger partial charge is 0.244 e. The van der Waals surface area contributed by atoms with Gasteiger partial charge in [-0.15, -0.1) is 0 Å². The Labute approximate surface area is 74.4 Å². The van der Waals surface area contributed by atoms with E-state index in [1.807, 2.05) is 0 Å². The molecule has 0 aromatic heterocycles. The van der Waals surface area contributed by atoms with Crippen molar-refractivity contribution in [2.75, 3.05) is 6.54 Å². The first kappa shape index (κ1) is 11.2. The average Bonchev–Trinajstić information content (AvgIpc) is 2.00. The van der Waals surface area contributed by atoms with Crippen LogP contribution in [-0.4, -0.2) is 24.3 Å². The summed E-state index contributed by atoms with van der Waals surface area (Å²) in [6.45, 7) is -0.0374. The number of hydrogen-bond acceptors (Lipinski definition) is 4. The Hall–Kier alpha value is -1.85. The van der Waals surface area contributed by atoms with Gasteiger partial charge >= 0.3 is 0 Å². The summed E-state index contributed by atoms with van der Waals surface area (Å²) in [5.41, 5.74) is 4.71. The minimum Gasteiger partial charge on any atom is -0.550 e. The molecule has 0 heterocycles. The zero-order valence-corrected chi connectivity index (χ0v) is 6.78. The van der Waals surface area contributed by atoms with Crippen molar-refractivity contribution in [2.45, 2.75) is 6.42 Å². The number of primary amides is 1. The molecular formula is C7H9N2O4-. The Bertz CT molecular complexity index is 247. The summed E-state index contributed by atoms with van der Waals surface area (Å²) in [5, 5.41) is 12.1. The fraction of sp³-hybridized carbons (Fsp3) is 0.286. The first-order chi connectivity index (χ1) is 6.02. The van der Waals surface area contributed by atoms with E-state index in [1.54, 1.807) is 0 Å². The molecule has 0 unspecified atom stereocenters. The molecule has 0 aromatic carbocycles. The summed E-state index contributed by atoms with van der Waals surface area (Å²) in [7, 11) is 0. The van der Waals surface area contributed by atoms with Crippen LogP contribution >= 0.6 is 0 Å². The van der Waals surface area contributed by atoms with Gasteiger partial charge in [0.2, 0.25) is 11.8 Å². The number of amides is 2. The van der Waals surface area contributed by atoms with Gasteiger partial charge in [0.25, 0.3) is 0 Å². The predicted molar refractivity (Wildman–Crippen MR) is 41.0 cm³/mol. The molecule has 6 nitrogen and oxygen atoms in total. The lowest BCUT2D eigenvalue weighted by Crippen LogP contribution is -2.30. The highest BCUT2D eigenvalue weighted by Crippen LogP contribution is 1.75. The molecule has 0 atom stereocenters. The highest BCUT2D eigenvalue weighted by molar-refractivity contribution is 5.95. The minimum absolute atomic E-state index is 0.0374. The number of carbonyl (C=O) groups excluding carboxylic acids is 3. The van der Waals surface area contributed by atoms with Crippen molar-refractivity contribution >= 4 is 17.8 Å². The van der Waals surface area contributed by atoms with Crippen molar-refractivity contribution in [3.05, 3.63) is 12.2 Å². The van der Waals surface area contributed by atoms with Crippen molar-refractivity contribution < 1.29 is 19.5 Å². The van der Waals surface area contributed by atoms with Gasteiger partial charge in [-0.05, 0) is 0 Å². The van der Waals surface area contributed by atoms with Crippen molar-refractivity contribution in [3.8, 4) is 0 Å². The van der Waals surface area contributed by atoms with Crippen LogP contribution < -0.4 is 16.2 Å². The number of aliphatic carboxylic acids is 1. The largest absolute Gasteiger partial charge is 0.550 e. The molecule has 0 fully saturated rings. The Morgan fingerprint density at radius 3 is 2.38 bits per heavy atom. The van der Waals surface area contributed by atoms with Gasteiger partial charge in [0.15, 0.2) is 0 Å². The Balaban J connectivity index is 3.64. The fourth-order valence-corrected chi connectivity index (χ4v) is 0.505. The maximum Gasteiger partial charge on any atom is 0.244 e. The maximum atomic E-state index is 10.7. The summed E-state index contributed by atoms with van der Waals surface area (Å²) in [4.78, 5) is 30.7. The van der Waals surface area contributed by atoms with E-state index in [9.17, 15) is 19.5 Å². The van der Waals surface area contributed by atoms with Crippen molar-refractivity contribution in [2.24, 2.45) is 5.73 Å². The highest BCUT2D eigenvalue weighted by Gasteiger charge is 1.94. The van der Waals surface area contributed by atoms with E-state index in [0.29, 0.717) is 0 Å². The molecule has 0 spiro atoms. The lowest BCUT2D eigenvalue weighted by molar-refractivity contribution is -0.305. The molecule has 3 N–H and O–H groups in total. The number of carbonyl (C=O) groups is 3. The van der Waals surface area contributed by atoms with E-state index in [2.05, 4.69) is 5.32 Å². The lowest BCUT2D eigenvalue weighted by Gasteiger charge is -2.01. The standard InChI is InChI=1S/C7H10N2O4/c8-5(10)1-2-6(11)9-4-3-7(12)13/h1-2H,3-4H2,(H2,8,10)(H,9,11)(H,12,13)/p-1/b2-1+. The van der Waals surface area contributed by atoms with Crippen LogP contribution in [0.5, 0.6) is 0 Å². The Morgan fingerprint density at radius 2 is 1.92 bits per heavy atom. The van der Waals surface area contributed by atoms with Crippen molar-refractivity contribution in [1.82, 2.24) is 5.32 Å². The molecule has 0 radical (unpaired) electrons. The summed E-state index contributed by atoms with van der Waals surface area (Å²) >= 11 is 0. The van der Waals surface area contributed by atoms with Crippen molar-refractivity contribution in [3.63, 3.8) is 0 Å². The van der Waals surface area contributed by atoms with Gasteiger partial charge in [0.05, 0.1) is 0 Å². The minimum atomic E-state index is -1.25. The molecule has 0 aliphatic carbocycles. The van der Waals surface area contributed by atoms with Gasteiger partial charge in [0, 0.05) is 31.1 Å². The summed E-state index contributed by atoms with van der Waals surface area (Å²) in [6.07, 6.45) is 1.54. The second-order valence-electron chi connectivity index (χ2n) is 2.15. The van der Waals surface area contributed by atoms with E-state index in [-0.39, 0.29) is 13.0 Å². The van der Waals surface area contributed by atoms with E-state index in [1.165, 1.54) is 0 Å². The fourth-order valence-electron chi connectivity index (χ4n) is 0.505. The third-order valence-corrected chi connectivity index (χ3v) is 1.03. The third kappa shape index (κ3) is 8.05. The molecule has 0 saturated carbocycles. The van der Waals surface area contributed by atoms with Gasteiger partial charge in [-0.3, -0.25) is 9.59 Å². The summed E-state index contributed by atoms with van der Waals surface area (Å²) in [5.74, 6) is -2.56. The zero-order valence-electron chi connectivity index (χ0n) is 6.78. The first-order valence-corrected chi connectivity index (χ1v) is 3.47. The second kappa shape index (κ2) is 5.76. The van der Waals surface area contributed by atoms with Crippen LogP contribution in [0.15, 0.2) is 12.2 Å². The Morgan fingerprint density at radius 1 is 1.31 bits per heavy atom. The predicted octanol–water partition coefficient (Wildman–Crippen LogP) is -2.72. The van der Waals surface area contributed by atoms with Crippen LogP contribution in [0.3, 0.4) is 0 Å². The van der Waals surface area contributed by atoms with Crippen LogP contribution in [0.4, 0.5) is 0 Å². The first-order valence-electron chi connectivity index (χ1n) is 3.47. The SMILES string of the molecule is NC(=O)/C=C/C(=O)NCCC(=O)[O-]. The molecular weight excluding hydrogens is 176 g/mol. The number of rotatable bonds is 5. The normalized spacial score (nSPS) is 9.85. The van der Waals surface area contributed by atoms with E-state index in [4.69, 9.17) is 5.73 Å². The van der Waals surface area contributed by atoms with Crippen LogP contribution in [0.2, 0.25) is 0 Å². The number of nitrogens with one attached hydrogen (secondary N) is 1. The Kier molecular flexibility index (Phi) is 4.94. The topological polar surface area (TPSA) is 112 Å². The average molecular weight is 185 g/mol. The van der Waals surface area contributed by atoms with Gasteiger partial charge in [-0.1, -0.05) is 0 Å². The van der Waals surface area contributed by atoms with Crippen molar-refractivity contribution in [1.29, 1.82) is 0 Å². The second-order valence-corrected chi connectivity index (χ2v) is 2.15. The zero-order chi connectivity index (χ0) is 10.3. The van der Waals surface area contributed by atoms with Crippen LogP contribution in [0, 0.1) is 0 Å². The van der Waals surface area contributed by atoms with E-state index < -0.39 is 17.8 Å². The number of nitrogens with two attached hydrogens (primary N) is 1. The molecule has 0 aliphatic rings. The van der Waals surface area contributed by atoms with E-state index in [0.717, 1.165) is 12.2 Å². The van der Waals surface area contributed by atoms with E-state index >= 15 is 0 Å². The maximum absolute atomic E-state index is 10.7. The molecule has 6 heteroatoms. The monoisotopic (exact) mass is 185 g/mol. The highest BCUT2D eigenvalue weighted by atomic mass is 16.4. The third-order valence-electron chi connectivity index (χ3n) is 1.03. The molecule has 0 aliphatic heterocycles. The molecule has 72 valence electrons. The van der Waals surface area contributed by atoms with Crippen LogP contribution in [0.1, 0.15) is 6.42 Å². The summed E-state index contributed by atoms with van der Waals surface area (Å²) < 4.78 is 0. The molecule has 2 amide bonds. The van der Waals surface area contributed by atoms with Crippen LogP contribution in [-0.2, 0) is 14.4 Å². The summed E-state index contributed by atoms with van der Waals surface area (Å²) in [6, 6.07) is 0. The molecule has 0 rings (SSSR count). The van der Waals surface area contributed by atoms with Crippen LogP contribution in [0.25, 0.3) is 0 Å². The molecule has 0 bridgehead atoms. The van der Waals surface area contributed by atoms with Gasteiger partial charge < -0.3 is 21.0 Å². The van der Waals surface area contributed by atoms with Gasteiger partial charge in [0.1, 0.15) is 0 Å². The number of hydrogen-bond donors (Lipinski definition) is 2. The van der Waals surface area contributed by atoms with Gasteiger partial charge in [-0.2, -0.15) is 0 Å². The molecule has 0 aromatic rings. The molecule has 13 heavy (non-hydrogen) atoms. The quantitative estimate of drug-likeness (QED) is 0.453. The lowest BCUT2D eigenvalue weighted by atomic mass is 10.4. The molecule has 0 saturated heterocycles. The number of carboxylic acids is 1.